The molecule has 1 heterocycles. The molecule has 1 aromatic carbocycles. The van der Waals surface area contributed by atoms with Crippen molar-refractivity contribution in [3.05, 3.63) is 28.3 Å². The van der Waals surface area contributed by atoms with E-state index in [-0.39, 0.29) is 0 Å². The molecule has 1 aromatic rings. The molecule has 1 aliphatic heterocycles. The molecule has 1 atom stereocenters. The van der Waals surface area contributed by atoms with Crippen LogP contribution in [-0.2, 0) is 0 Å². The normalized spacial score (nSPS) is 24.0. The Balaban J connectivity index is 1.98. The van der Waals surface area contributed by atoms with Crippen molar-refractivity contribution in [1.29, 1.82) is 0 Å². The fourth-order valence-corrected chi connectivity index (χ4v) is 3.10. The molecule has 0 bridgehead atoms. The summed E-state index contributed by atoms with van der Waals surface area (Å²) in [6, 6.07) is 4.34. The van der Waals surface area contributed by atoms with Crippen molar-refractivity contribution in [3.63, 3.8) is 0 Å². The maximum absolute atomic E-state index is 6.43. The number of benzene rings is 1. The highest BCUT2D eigenvalue weighted by atomic mass is 35.5. The lowest BCUT2D eigenvalue weighted by molar-refractivity contribution is 0.409. The summed E-state index contributed by atoms with van der Waals surface area (Å²) in [5, 5.41) is 4.29. The predicted molar refractivity (Wildman–Crippen MR) is 70.2 cm³/mol. The molecule has 2 fully saturated rings. The largest absolute Gasteiger partial charge is 0.496 e. The molecule has 1 N–H and O–H groups in total. The summed E-state index contributed by atoms with van der Waals surface area (Å²) in [5.41, 5.74) is 2.55. The Kier molecular flexibility index (Phi) is 3.01. The molecule has 1 aliphatic carbocycles. The summed E-state index contributed by atoms with van der Waals surface area (Å²) in [5.74, 6) is 2.21. The van der Waals surface area contributed by atoms with Gasteiger partial charge in [-0.2, -0.15) is 0 Å². The van der Waals surface area contributed by atoms with Crippen LogP contribution < -0.4 is 10.1 Å². The zero-order valence-electron chi connectivity index (χ0n) is 10.1. The summed E-state index contributed by atoms with van der Waals surface area (Å²) in [6.07, 6.45) is 3.70. The van der Waals surface area contributed by atoms with Gasteiger partial charge in [-0.15, -0.1) is 0 Å². The molecular formula is C14H18ClNO. The molecule has 92 valence electrons. The molecule has 2 aliphatic rings. The van der Waals surface area contributed by atoms with E-state index in [1.807, 2.05) is 0 Å². The van der Waals surface area contributed by atoms with Crippen molar-refractivity contribution in [3.8, 4) is 5.75 Å². The zero-order valence-corrected chi connectivity index (χ0v) is 10.9. The molecule has 0 radical (unpaired) electrons. The maximum atomic E-state index is 6.43. The Morgan fingerprint density at radius 2 is 2.06 bits per heavy atom. The Bertz CT molecular complexity index is 422. The van der Waals surface area contributed by atoms with Crippen molar-refractivity contribution < 1.29 is 4.74 Å². The summed E-state index contributed by atoms with van der Waals surface area (Å²) in [4.78, 5) is 0. The van der Waals surface area contributed by atoms with Crippen molar-refractivity contribution in [1.82, 2.24) is 5.32 Å². The molecule has 0 aromatic heterocycles. The Morgan fingerprint density at radius 1 is 1.24 bits per heavy atom. The topological polar surface area (TPSA) is 21.3 Å². The van der Waals surface area contributed by atoms with Crippen LogP contribution in [0.5, 0.6) is 5.75 Å². The van der Waals surface area contributed by atoms with E-state index >= 15 is 0 Å². The van der Waals surface area contributed by atoms with Gasteiger partial charge in [0.2, 0.25) is 0 Å². The molecule has 0 spiro atoms. The first-order valence-corrected chi connectivity index (χ1v) is 6.75. The molecule has 2 nitrogen and oxygen atoms in total. The van der Waals surface area contributed by atoms with Gasteiger partial charge in [0, 0.05) is 17.1 Å². The SMILES string of the molecule is COc1cc(C2CCNC2)cc(Cl)c1C1CC1. The first-order valence-electron chi connectivity index (χ1n) is 6.37. The second-order valence-corrected chi connectivity index (χ2v) is 5.49. The highest BCUT2D eigenvalue weighted by Crippen LogP contribution is 2.48. The first kappa shape index (κ1) is 11.4. The van der Waals surface area contributed by atoms with Crippen LogP contribution in [-0.4, -0.2) is 20.2 Å². The Morgan fingerprint density at radius 3 is 2.65 bits per heavy atom. The lowest BCUT2D eigenvalue weighted by Crippen LogP contribution is -2.08. The van der Waals surface area contributed by atoms with Crippen molar-refractivity contribution in [2.45, 2.75) is 31.1 Å². The molecule has 1 saturated carbocycles. The maximum Gasteiger partial charge on any atom is 0.124 e. The van der Waals surface area contributed by atoms with Crippen LogP contribution in [0.3, 0.4) is 0 Å². The van der Waals surface area contributed by atoms with Gasteiger partial charge >= 0.3 is 0 Å². The minimum absolute atomic E-state index is 0.592. The third-order valence-electron chi connectivity index (χ3n) is 3.85. The van der Waals surface area contributed by atoms with E-state index in [4.69, 9.17) is 16.3 Å². The minimum Gasteiger partial charge on any atom is -0.496 e. The van der Waals surface area contributed by atoms with Crippen molar-refractivity contribution >= 4 is 11.6 Å². The number of hydrogen-bond acceptors (Lipinski definition) is 2. The highest BCUT2D eigenvalue weighted by molar-refractivity contribution is 6.31. The van der Waals surface area contributed by atoms with Gasteiger partial charge in [0.25, 0.3) is 0 Å². The van der Waals surface area contributed by atoms with Crippen LogP contribution in [0.25, 0.3) is 0 Å². The molecule has 3 rings (SSSR count). The van der Waals surface area contributed by atoms with E-state index in [9.17, 15) is 0 Å². The summed E-state index contributed by atoms with van der Waals surface area (Å²) in [6.45, 7) is 2.16. The fourth-order valence-electron chi connectivity index (χ4n) is 2.72. The first-order chi connectivity index (χ1) is 8.29. The number of methoxy groups -OCH3 is 1. The van der Waals surface area contributed by atoms with Crippen molar-refractivity contribution in [2.24, 2.45) is 0 Å². The Labute approximate surface area is 107 Å². The smallest absolute Gasteiger partial charge is 0.124 e. The molecule has 0 amide bonds. The van der Waals surface area contributed by atoms with Gasteiger partial charge in [0.1, 0.15) is 5.75 Å². The second kappa shape index (κ2) is 4.51. The van der Waals surface area contributed by atoms with Gasteiger partial charge in [0.15, 0.2) is 0 Å². The summed E-state index contributed by atoms with van der Waals surface area (Å²) in [7, 11) is 1.74. The van der Waals surface area contributed by atoms with Gasteiger partial charge in [0.05, 0.1) is 7.11 Å². The van der Waals surface area contributed by atoms with Crippen LogP contribution in [0.1, 0.15) is 42.2 Å². The van der Waals surface area contributed by atoms with E-state index < -0.39 is 0 Å². The van der Waals surface area contributed by atoms with E-state index in [0.717, 1.165) is 23.9 Å². The van der Waals surface area contributed by atoms with E-state index in [1.54, 1.807) is 7.11 Å². The third kappa shape index (κ3) is 2.16. The molecule has 3 heteroatoms. The van der Waals surface area contributed by atoms with Gasteiger partial charge in [-0.05, 0) is 55.3 Å². The van der Waals surface area contributed by atoms with Gasteiger partial charge in [-0.25, -0.2) is 0 Å². The zero-order chi connectivity index (χ0) is 11.8. The standard InChI is InChI=1S/C14H18ClNO/c1-17-13-7-11(10-4-5-16-8-10)6-12(15)14(13)9-2-3-9/h6-7,9-10,16H,2-5,8H2,1H3. The number of halogens is 1. The molecule has 1 saturated heterocycles. The number of nitrogens with one attached hydrogen (secondary N) is 1. The van der Waals surface area contributed by atoms with Crippen LogP contribution in [0.15, 0.2) is 12.1 Å². The molecule has 1 unspecified atom stereocenters. The van der Waals surface area contributed by atoms with Crippen LogP contribution in [0.4, 0.5) is 0 Å². The third-order valence-corrected chi connectivity index (χ3v) is 4.16. The summed E-state index contributed by atoms with van der Waals surface area (Å²) >= 11 is 6.43. The summed E-state index contributed by atoms with van der Waals surface area (Å²) < 4.78 is 5.52. The highest BCUT2D eigenvalue weighted by Gasteiger charge is 2.30. The lowest BCUT2D eigenvalue weighted by Gasteiger charge is -2.15. The predicted octanol–water partition coefficient (Wildman–Crippen LogP) is 3.30. The van der Waals surface area contributed by atoms with Crippen LogP contribution in [0, 0.1) is 0 Å². The van der Waals surface area contributed by atoms with E-state index in [2.05, 4.69) is 17.4 Å². The number of rotatable bonds is 3. The fraction of sp³-hybridized carbons (Fsp3) is 0.571. The Hall–Kier alpha value is -0.730. The second-order valence-electron chi connectivity index (χ2n) is 5.08. The average Bonchev–Trinajstić information content (AvgIpc) is 3.01. The van der Waals surface area contributed by atoms with Crippen molar-refractivity contribution in [2.75, 3.05) is 20.2 Å². The van der Waals surface area contributed by atoms with E-state index in [1.165, 1.54) is 30.4 Å². The van der Waals surface area contributed by atoms with Crippen LogP contribution in [0.2, 0.25) is 5.02 Å². The minimum atomic E-state index is 0.592. The number of hydrogen-bond donors (Lipinski definition) is 1. The monoisotopic (exact) mass is 251 g/mol. The van der Waals surface area contributed by atoms with E-state index in [0.29, 0.717) is 11.8 Å². The molecular weight excluding hydrogens is 234 g/mol. The van der Waals surface area contributed by atoms with Gasteiger partial charge < -0.3 is 10.1 Å². The molecule has 17 heavy (non-hydrogen) atoms. The average molecular weight is 252 g/mol. The van der Waals surface area contributed by atoms with Gasteiger partial charge in [-0.1, -0.05) is 11.6 Å². The lowest BCUT2D eigenvalue weighted by atomic mass is 9.95. The quantitative estimate of drug-likeness (QED) is 0.890. The van der Waals surface area contributed by atoms with Gasteiger partial charge in [-0.3, -0.25) is 0 Å². The van der Waals surface area contributed by atoms with Crippen LogP contribution >= 0.6 is 11.6 Å². The number of ether oxygens (including phenoxy) is 1.